The first kappa shape index (κ1) is 25.2. The van der Waals surface area contributed by atoms with Crippen molar-refractivity contribution in [2.45, 2.75) is 45.3 Å². The summed E-state index contributed by atoms with van der Waals surface area (Å²) >= 11 is 0. The second-order valence-corrected chi connectivity index (χ2v) is 8.95. The first-order valence-corrected chi connectivity index (χ1v) is 11.5. The number of halogens is 1. The Balaban J connectivity index is 1.72. The average Bonchev–Trinajstić information content (AvgIpc) is 2.84. The smallest absolute Gasteiger partial charge is 0.264 e. The van der Waals surface area contributed by atoms with Gasteiger partial charge in [0, 0.05) is 33.0 Å². The molecule has 1 fully saturated rings. The van der Waals surface area contributed by atoms with Gasteiger partial charge < -0.3 is 20.3 Å². The number of para-hydroxylation sites is 1. The Bertz CT molecular complexity index is 1030. The highest BCUT2D eigenvalue weighted by atomic mass is 19.1. The first-order chi connectivity index (χ1) is 16.2. The zero-order valence-electron chi connectivity index (χ0n) is 20.1. The SMILES string of the molecule is CNC(=O)C1(Oc2ccccc2)CCN(C(=O)C(NC(=O)c2cccc(C)c2F)C(C)C)CC1. The summed E-state index contributed by atoms with van der Waals surface area (Å²) in [5.41, 5.74) is -0.819. The minimum absolute atomic E-state index is 0.0908. The maximum absolute atomic E-state index is 14.4. The second-order valence-electron chi connectivity index (χ2n) is 8.95. The fourth-order valence-corrected chi connectivity index (χ4v) is 4.16. The van der Waals surface area contributed by atoms with Crippen molar-refractivity contribution < 1.29 is 23.5 Å². The van der Waals surface area contributed by atoms with Crippen molar-refractivity contribution in [3.63, 3.8) is 0 Å². The van der Waals surface area contributed by atoms with Gasteiger partial charge in [0.05, 0.1) is 5.56 Å². The molecule has 8 heteroatoms. The molecule has 0 bridgehead atoms. The van der Waals surface area contributed by atoms with Gasteiger partial charge in [-0.25, -0.2) is 4.39 Å². The number of benzene rings is 2. The van der Waals surface area contributed by atoms with Gasteiger partial charge in [-0.15, -0.1) is 0 Å². The Morgan fingerprint density at radius 2 is 1.68 bits per heavy atom. The van der Waals surface area contributed by atoms with Crippen LogP contribution in [0.3, 0.4) is 0 Å². The van der Waals surface area contributed by atoms with E-state index in [0.717, 1.165) is 0 Å². The van der Waals surface area contributed by atoms with Gasteiger partial charge in [0.25, 0.3) is 11.8 Å². The van der Waals surface area contributed by atoms with Gasteiger partial charge in [-0.05, 0) is 36.6 Å². The van der Waals surface area contributed by atoms with Crippen LogP contribution in [0.2, 0.25) is 0 Å². The number of piperidine rings is 1. The van der Waals surface area contributed by atoms with Crippen LogP contribution in [0.15, 0.2) is 48.5 Å². The molecule has 1 atom stereocenters. The molecule has 0 aliphatic carbocycles. The fourth-order valence-electron chi connectivity index (χ4n) is 4.16. The number of hydrogen-bond acceptors (Lipinski definition) is 4. The van der Waals surface area contributed by atoms with Crippen LogP contribution in [0, 0.1) is 18.7 Å². The molecule has 3 rings (SSSR count). The highest BCUT2D eigenvalue weighted by Crippen LogP contribution is 2.30. The monoisotopic (exact) mass is 469 g/mol. The van der Waals surface area contributed by atoms with E-state index >= 15 is 0 Å². The zero-order chi connectivity index (χ0) is 24.9. The molecule has 1 unspecified atom stereocenters. The number of likely N-dealkylation sites (tertiary alicyclic amines) is 1. The topological polar surface area (TPSA) is 87.7 Å². The highest BCUT2D eigenvalue weighted by Gasteiger charge is 2.45. The van der Waals surface area contributed by atoms with Crippen molar-refractivity contribution in [1.82, 2.24) is 15.5 Å². The molecule has 0 spiro atoms. The number of carbonyl (C=O) groups excluding carboxylic acids is 3. The lowest BCUT2D eigenvalue weighted by Crippen LogP contribution is -2.60. The Morgan fingerprint density at radius 3 is 2.26 bits per heavy atom. The quantitative estimate of drug-likeness (QED) is 0.653. The molecule has 2 aromatic rings. The van der Waals surface area contributed by atoms with E-state index in [1.165, 1.54) is 6.07 Å². The molecular formula is C26H32FN3O4. The van der Waals surface area contributed by atoms with Crippen molar-refractivity contribution >= 4 is 17.7 Å². The Kier molecular flexibility index (Phi) is 7.91. The number of likely N-dealkylation sites (N-methyl/N-ethyl adjacent to an activating group) is 1. The molecule has 1 saturated heterocycles. The summed E-state index contributed by atoms with van der Waals surface area (Å²) in [6.07, 6.45) is 0.608. The molecule has 0 aromatic heterocycles. The van der Waals surface area contributed by atoms with Crippen LogP contribution in [0.5, 0.6) is 5.75 Å². The minimum atomic E-state index is -1.09. The van der Waals surface area contributed by atoms with E-state index in [1.807, 2.05) is 32.0 Å². The summed E-state index contributed by atoms with van der Waals surface area (Å²) in [4.78, 5) is 40.5. The number of carbonyl (C=O) groups is 3. The van der Waals surface area contributed by atoms with Crippen LogP contribution in [0.25, 0.3) is 0 Å². The second kappa shape index (κ2) is 10.7. The Hall–Kier alpha value is -3.42. The molecule has 1 aliphatic heterocycles. The molecule has 1 heterocycles. The van der Waals surface area contributed by atoms with E-state index in [1.54, 1.807) is 43.1 Å². The van der Waals surface area contributed by atoms with E-state index in [0.29, 0.717) is 24.2 Å². The van der Waals surface area contributed by atoms with Crippen LogP contribution in [0.4, 0.5) is 4.39 Å². The standard InChI is InChI=1S/C26H32FN3O4/c1-17(2)22(29-23(31)20-12-8-9-18(3)21(20)27)24(32)30-15-13-26(14-16-30,25(33)28-4)34-19-10-6-5-7-11-19/h5-12,17,22H,13-16H2,1-4H3,(H,28,33)(H,29,31). The maximum Gasteiger partial charge on any atom is 0.264 e. The van der Waals surface area contributed by atoms with Crippen molar-refractivity contribution in [2.75, 3.05) is 20.1 Å². The third kappa shape index (κ3) is 5.38. The maximum atomic E-state index is 14.4. The summed E-state index contributed by atoms with van der Waals surface area (Å²) < 4.78 is 20.5. The summed E-state index contributed by atoms with van der Waals surface area (Å²) in [5.74, 6) is -1.36. The van der Waals surface area contributed by atoms with Gasteiger partial charge in [0.15, 0.2) is 5.60 Å². The van der Waals surface area contributed by atoms with Gasteiger partial charge in [0.1, 0.15) is 17.6 Å². The molecule has 182 valence electrons. The van der Waals surface area contributed by atoms with Crippen LogP contribution in [0.1, 0.15) is 42.6 Å². The summed E-state index contributed by atoms with van der Waals surface area (Å²) in [7, 11) is 1.56. The van der Waals surface area contributed by atoms with Gasteiger partial charge >= 0.3 is 0 Å². The molecule has 0 radical (unpaired) electrons. The van der Waals surface area contributed by atoms with Crippen molar-refractivity contribution in [3.05, 3.63) is 65.5 Å². The molecular weight excluding hydrogens is 437 g/mol. The largest absolute Gasteiger partial charge is 0.477 e. The normalized spacial score (nSPS) is 16.0. The van der Waals surface area contributed by atoms with E-state index in [9.17, 15) is 18.8 Å². The van der Waals surface area contributed by atoms with E-state index < -0.39 is 23.4 Å². The Morgan fingerprint density at radius 1 is 1.03 bits per heavy atom. The van der Waals surface area contributed by atoms with E-state index in [4.69, 9.17) is 4.74 Å². The van der Waals surface area contributed by atoms with Gasteiger partial charge in [-0.2, -0.15) is 0 Å². The molecule has 34 heavy (non-hydrogen) atoms. The van der Waals surface area contributed by atoms with Crippen molar-refractivity contribution in [3.8, 4) is 5.75 Å². The number of ether oxygens (including phenoxy) is 1. The van der Waals surface area contributed by atoms with Crippen molar-refractivity contribution in [2.24, 2.45) is 5.92 Å². The first-order valence-electron chi connectivity index (χ1n) is 11.5. The molecule has 7 nitrogen and oxygen atoms in total. The molecule has 1 aliphatic rings. The summed E-state index contributed by atoms with van der Waals surface area (Å²) in [6, 6.07) is 12.9. The van der Waals surface area contributed by atoms with Crippen molar-refractivity contribution in [1.29, 1.82) is 0 Å². The number of hydrogen-bond donors (Lipinski definition) is 2. The van der Waals surface area contributed by atoms with Gasteiger partial charge in [0.2, 0.25) is 5.91 Å². The lowest BCUT2D eigenvalue weighted by molar-refractivity contribution is -0.147. The fraction of sp³-hybridized carbons (Fsp3) is 0.423. The lowest BCUT2D eigenvalue weighted by atomic mass is 9.89. The third-order valence-corrected chi connectivity index (χ3v) is 6.24. The molecule has 2 N–H and O–H groups in total. The van der Waals surface area contributed by atoms with Crippen LogP contribution in [-0.4, -0.2) is 54.4 Å². The third-order valence-electron chi connectivity index (χ3n) is 6.24. The molecule has 0 saturated carbocycles. The highest BCUT2D eigenvalue weighted by molar-refractivity contribution is 5.98. The minimum Gasteiger partial charge on any atom is -0.477 e. The van der Waals surface area contributed by atoms with Crippen LogP contribution >= 0.6 is 0 Å². The Labute approximate surface area is 199 Å². The zero-order valence-corrected chi connectivity index (χ0v) is 20.1. The number of amides is 3. The van der Waals surface area contributed by atoms with Crippen LogP contribution in [-0.2, 0) is 9.59 Å². The number of rotatable bonds is 7. The lowest BCUT2D eigenvalue weighted by Gasteiger charge is -2.41. The number of aryl methyl sites for hydroxylation is 1. The van der Waals surface area contributed by atoms with E-state index in [-0.39, 0.29) is 36.4 Å². The molecule has 2 aromatic carbocycles. The number of nitrogens with one attached hydrogen (secondary N) is 2. The summed E-state index contributed by atoms with van der Waals surface area (Å²) in [5, 5.41) is 5.39. The van der Waals surface area contributed by atoms with Gasteiger partial charge in [-0.1, -0.05) is 44.2 Å². The summed E-state index contributed by atoms with van der Waals surface area (Å²) in [6.45, 7) is 5.81. The average molecular weight is 470 g/mol. The number of nitrogens with zero attached hydrogens (tertiary/aromatic N) is 1. The molecule has 3 amide bonds. The van der Waals surface area contributed by atoms with Crippen LogP contribution < -0.4 is 15.4 Å². The predicted molar refractivity (Wildman–Crippen MR) is 127 cm³/mol. The van der Waals surface area contributed by atoms with E-state index in [2.05, 4.69) is 10.6 Å². The van der Waals surface area contributed by atoms with Gasteiger partial charge in [-0.3, -0.25) is 14.4 Å². The predicted octanol–water partition coefficient (Wildman–Crippen LogP) is 3.07.